The third-order valence-corrected chi connectivity index (χ3v) is 3.12. The number of carbonyl (C=O) groups is 1. The average Bonchev–Trinajstić information content (AvgIpc) is 2.50. The molecule has 21 heavy (non-hydrogen) atoms. The summed E-state index contributed by atoms with van der Waals surface area (Å²) in [6.45, 7) is 4.82. The van der Waals surface area contributed by atoms with Crippen LogP contribution in [0, 0.1) is 5.82 Å². The van der Waals surface area contributed by atoms with Gasteiger partial charge in [0.2, 0.25) is 0 Å². The molecule has 1 aromatic heterocycles. The molecule has 0 fully saturated rings. The van der Waals surface area contributed by atoms with Gasteiger partial charge < -0.3 is 10.2 Å². The van der Waals surface area contributed by atoms with Crippen LogP contribution in [0.15, 0.2) is 42.7 Å². The van der Waals surface area contributed by atoms with Crippen molar-refractivity contribution in [2.75, 3.05) is 23.3 Å². The van der Waals surface area contributed by atoms with Crippen molar-refractivity contribution in [1.82, 2.24) is 4.98 Å². The lowest BCUT2D eigenvalue weighted by Gasteiger charge is -2.22. The molecule has 2 aromatic rings. The minimum absolute atomic E-state index is 0.249. The molecule has 0 spiro atoms. The fraction of sp³-hybridized carbons (Fsp3) is 0.250. The Hall–Kier alpha value is -2.43. The smallest absolute Gasteiger partial charge is 0.260 e. The van der Waals surface area contributed by atoms with E-state index in [4.69, 9.17) is 0 Å². The van der Waals surface area contributed by atoms with Gasteiger partial charge in [-0.15, -0.1) is 0 Å². The van der Waals surface area contributed by atoms with Gasteiger partial charge in [-0.1, -0.05) is 12.1 Å². The summed E-state index contributed by atoms with van der Waals surface area (Å²) in [6.07, 6.45) is 3.16. The van der Waals surface area contributed by atoms with Gasteiger partial charge in [-0.3, -0.25) is 9.78 Å². The summed E-state index contributed by atoms with van der Waals surface area (Å²) >= 11 is 0. The Labute approximate surface area is 123 Å². The van der Waals surface area contributed by atoms with Crippen LogP contribution in [0.3, 0.4) is 0 Å². The molecule has 1 amide bonds. The number of hydrogen-bond acceptors (Lipinski definition) is 3. The number of pyridine rings is 1. The molecule has 0 aliphatic rings. The standard InChI is InChI=1S/C16H18FN3O/c1-3-19-14-11-18-10-9-12(14)16(21)20(4-2)15-8-6-5-7-13(15)17/h5-11,19H,3-4H2,1-2H3. The molecular weight excluding hydrogens is 269 g/mol. The zero-order valence-electron chi connectivity index (χ0n) is 12.1. The van der Waals surface area contributed by atoms with Gasteiger partial charge in [0.05, 0.1) is 23.1 Å². The van der Waals surface area contributed by atoms with E-state index in [0.29, 0.717) is 24.3 Å². The third kappa shape index (κ3) is 3.18. The molecule has 0 unspecified atom stereocenters. The molecule has 4 nitrogen and oxygen atoms in total. The van der Waals surface area contributed by atoms with Crippen LogP contribution in [-0.2, 0) is 0 Å². The summed E-state index contributed by atoms with van der Waals surface area (Å²) in [5, 5.41) is 3.10. The van der Waals surface area contributed by atoms with Crippen molar-refractivity contribution in [2.45, 2.75) is 13.8 Å². The first-order valence-electron chi connectivity index (χ1n) is 6.93. The second-order valence-corrected chi connectivity index (χ2v) is 4.45. The molecule has 0 radical (unpaired) electrons. The highest BCUT2D eigenvalue weighted by molar-refractivity contribution is 6.09. The number of hydrogen-bond donors (Lipinski definition) is 1. The van der Waals surface area contributed by atoms with E-state index in [1.54, 1.807) is 36.7 Å². The maximum atomic E-state index is 13.9. The molecule has 0 saturated heterocycles. The van der Waals surface area contributed by atoms with Crippen LogP contribution in [-0.4, -0.2) is 24.0 Å². The predicted octanol–water partition coefficient (Wildman–Crippen LogP) is 3.32. The zero-order valence-corrected chi connectivity index (χ0v) is 12.1. The molecule has 0 bridgehead atoms. The van der Waals surface area contributed by atoms with Gasteiger partial charge in [0, 0.05) is 19.3 Å². The van der Waals surface area contributed by atoms with E-state index in [-0.39, 0.29) is 11.6 Å². The second-order valence-electron chi connectivity index (χ2n) is 4.45. The summed E-state index contributed by atoms with van der Waals surface area (Å²) in [4.78, 5) is 18.2. The van der Waals surface area contributed by atoms with Crippen molar-refractivity contribution >= 4 is 17.3 Å². The molecule has 0 aliphatic heterocycles. The summed E-state index contributed by atoms with van der Waals surface area (Å²) in [7, 11) is 0. The molecule has 1 N–H and O–H groups in total. The first kappa shape index (κ1) is 15.0. The van der Waals surface area contributed by atoms with Crippen molar-refractivity contribution in [3.63, 3.8) is 0 Å². The third-order valence-electron chi connectivity index (χ3n) is 3.12. The second kappa shape index (κ2) is 6.83. The molecule has 0 aliphatic carbocycles. The van der Waals surface area contributed by atoms with Gasteiger partial charge in [0.15, 0.2) is 0 Å². The first-order chi connectivity index (χ1) is 10.2. The minimum atomic E-state index is -0.410. The van der Waals surface area contributed by atoms with Crippen molar-refractivity contribution in [2.24, 2.45) is 0 Å². The number of nitrogens with zero attached hydrogens (tertiary/aromatic N) is 2. The Kier molecular flexibility index (Phi) is 4.87. The summed E-state index contributed by atoms with van der Waals surface area (Å²) in [5.41, 5.74) is 1.42. The van der Waals surface area contributed by atoms with Crippen LogP contribution in [0.4, 0.5) is 15.8 Å². The molecule has 110 valence electrons. The number of para-hydroxylation sites is 1. The largest absolute Gasteiger partial charge is 0.383 e. The maximum Gasteiger partial charge on any atom is 0.260 e. The zero-order chi connectivity index (χ0) is 15.2. The van der Waals surface area contributed by atoms with Gasteiger partial charge in [-0.2, -0.15) is 0 Å². The molecule has 1 aromatic carbocycles. The van der Waals surface area contributed by atoms with Crippen LogP contribution < -0.4 is 10.2 Å². The number of nitrogens with one attached hydrogen (secondary N) is 1. The van der Waals surface area contributed by atoms with Crippen molar-refractivity contribution in [1.29, 1.82) is 0 Å². The van der Waals surface area contributed by atoms with E-state index in [1.165, 1.54) is 11.0 Å². The van der Waals surface area contributed by atoms with Crippen molar-refractivity contribution in [3.8, 4) is 0 Å². The van der Waals surface area contributed by atoms with E-state index in [9.17, 15) is 9.18 Å². The monoisotopic (exact) mass is 287 g/mol. The lowest BCUT2D eigenvalue weighted by Crippen LogP contribution is -2.32. The van der Waals surface area contributed by atoms with Crippen molar-refractivity contribution < 1.29 is 9.18 Å². The summed E-state index contributed by atoms with van der Waals surface area (Å²) < 4.78 is 13.9. The van der Waals surface area contributed by atoms with Crippen molar-refractivity contribution in [3.05, 3.63) is 54.1 Å². The summed E-state index contributed by atoms with van der Waals surface area (Å²) in [6, 6.07) is 7.91. The van der Waals surface area contributed by atoms with E-state index in [2.05, 4.69) is 10.3 Å². The average molecular weight is 287 g/mol. The summed E-state index contributed by atoms with van der Waals surface area (Å²) in [5.74, 6) is -0.660. The highest BCUT2D eigenvalue weighted by Crippen LogP contribution is 2.23. The molecule has 5 heteroatoms. The number of carbonyl (C=O) groups excluding carboxylic acids is 1. The van der Waals surface area contributed by atoms with E-state index < -0.39 is 5.82 Å². The van der Waals surface area contributed by atoms with Gasteiger partial charge in [-0.05, 0) is 32.0 Å². The van der Waals surface area contributed by atoms with Crippen LogP contribution in [0.2, 0.25) is 0 Å². The maximum absolute atomic E-state index is 13.9. The normalized spacial score (nSPS) is 10.2. The molecule has 1 heterocycles. The Bertz CT molecular complexity index is 630. The van der Waals surface area contributed by atoms with Crippen LogP contribution in [0.5, 0.6) is 0 Å². The number of rotatable bonds is 5. The van der Waals surface area contributed by atoms with Gasteiger partial charge in [0.1, 0.15) is 5.82 Å². The Morgan fingerprint density at radius 3 is 2.71 bits per heavy atom. The number of anilines is 2. The fourth-order valence-corrected chi connectivity index (χ4v) is 2.15. The Morgan fingerprint density at radius 1 is 1.29 bits per heavy atom. The lowest BCUT2D eigenvalue weighted by molar-refractivity contribution is 0.0988. The van der Waals surface area contributed by atoms with E-state index in [0.717, 1.165) is 0 Å². The van der Waals surface area contributed by atoms with Crippen LogP contribution in [0.25, 0.3) is 0 Å². The van der Waals surface area contributed by atoms with E-state index in [1.807, 2.05) is 13.8 Å². The van der Waals surface area contributed by atoms with Crippen LogP contribution >= 0.6 is 0 Å². The fourth-order valence-electron chi connectivity index (χ4n) is 2.15. The topological polar surface area (TPSA) is 45.2 Å². The Morgan fingerprint density at radius 2 is 2.05 bits per heavy atom. The quantitative estimate of drug-likeness (QED) is 0.917. The SMILES string of the molecule is CCNc1cnccc1C(=O)N(CC)c1ccccc1F. The van der Waals surface area contributed by atoms with Gasteiger partial charge >= 0.3 is 0 Å². The molecule has 0 atom stereocenters. The van der Waals surface area contributed by atoms with Gasteiger partial charge in [-0.25, -0.2) is 4.39 Å². The molecular formula is C16H18FN3O. The van der Waals surface area contributed by atoms with E-state index >= 15 is 0 Å². The Balaban J connectivity index is 2.40. The van der Waals surface area contributed by atoms with Crippen LogP contribution in [0.1, 0.15) is 24.2 Å². The number of benzene rings is 1. The highest BCUT2D eigenvalue weighted by Gasteiger charge is 2.21. The first-order valence-corrected chi connectivity index (χ1v) is 6.93. The van der Waals surface area contributed by atoms with Gasteiger partial charge in [0.25, 0.3) is 5.91 Å². The molecule has 2 rings (SSSR count). The number of halogens is 1. The number of amides is 1. The lowest BCUT2D eigenvalue weighted by atomic mass is 10.1. The predicted molar refractivity (Wildman–Crippen MR) is 82.2 cm³/mol. The number of aromatic nitrogens is 1. The minimum Gasteiger partial charge on any atom is -0.383 e. The highest BCUT2D eigenvalue weighted by atomic mass is 19.1. The molecule has 0 saturated carbocycles.